The van der Waals surface area contributed by atoms with E-state index >= 15 is 0 Å². The van der Waals surface area contributed by atoms with Gasteiger partial charge in [0.2, 0.25) is 15.9 Å². The molecule has 2 saturated heterocycles. The Morgan fingerprint density at radius 1 is 1.03 bits per heavy atom. The minimum Gasteiger partial charge on any atom is -0.497 e. The highest BCUT2D eigenvalue weighted by Crippen LogP contribution is 2.38. The van der Waals surface area contributed by atoms with Crippen LogP contribution in [0, 0.1) is 6.92 Å². The number of piperidine rings is 1. The highest BCUT2D eigenvalue weighted by atomic mass is 32.2. The average molecular weight is 459 g/mol. The predicted octanol–water partition coefficient (Wildman–Crippen LogP) is 2.98. The maximum atomic E-state index is 13.3. The van der Waals surface area contributed by atoms with Crippen molar-refractivity contribution in [2.75, 3.05) is 33.4 Å². The lowest BCUT2D eigenvalue weighted by molar-refractivity contribution is -0.140. The van der Waals surface area contributed by atoms with Crippen molar-refractivity contribution in [1.29, 1.82) is 0 Å². The van der Waals surface area contributed by atoms with E-state index in [0.29, 0.717) is 51.9 Å². The summed E-state index contributed by atoms with van der Waals surface area (Å²) in [5.74, 6) is 0.879. The lowest BCUT2D eigenvalue weighted by Gasteiger charge is -2.42. The largest absolute Gasteiger partial charge is 0.497 e. The second-order valence-electron chi connectivity index (χ2n) is 8.41. The molecule has 1 amide bonds. The molecule has 8 heteroatoms. The zero-order valence-corrected chi connectivity index (χ0v) is 19.4. The summed E-state index contributed by atoms with van der Waals surface area (Å²) in [5, 5.41) is 0. The second kappa shape index (κ2) is 9.21. The number of rotatable bonds is 6. The molecule has 0 radical (unpaired) electrons. The van der Waals surface area contributed by atoms with Gasteiger partial charge in [0.25, 0.3) is 0 Å². The third kappa shape index (κ3) is 4.53. The van der Waals surface area contributed by atoms with Gasteiger partial charge in [0, 0.05) is 38.9 Å². The molecule has 0 bridgehead atoms. The van der Waals surface area contributed by atoms with Crippen molar-refractivity contribution in [2.45, 2.75) is 43.2 Å². The molecule has 2 aromatic rings. The summed E-state index contributed by atoms with van der Waals surface area (Å²) < 4.78 is 39.3. The number of amides is 1. The summed E-state index contributed by atoms with van der Waals surface area (Å²) in [6.45, 7) is 3.61. The van der Waals surface area contributed by atoms with Crippen LogP contribution in [0.5, 0.6) is 5.75 Å². The average Bonchev–Trinajstić information content (AvgIpc) is 3.22. The summed E-state index contributed by atoms with van der Waals surface area (Å²) in [4.78, 5) is 14.9. The van der Waals surface area contributed by atoms with Crippen molar-refractivity contribution in [3.05, 3.63) is 59.7 Å². The summed E-state index contributed by atoms with van der Waals surface area (Å²) in [6, 6.07) is 14.6. The molecular formula is C24H30N2O5S. The van der Waals surface area contributed by atoms with Crippen molar-refractivity contribution in [3.8, 4) is 5.75 Å². The van der Waals surface area contributed by atoms with E-state index in [1.807, 2.05) is 36.1 Å². The lowest BCUT2D eigenvalue weighted by Crippen LogP contribution is -2.55. The Morgan fingerprint density at radius 2 is 1.69 bits per heavy atom. The van der Waals surface area contributed by atoms with E-state index < -0.39 is 15.7 Å². The number of hydrogen-bond donors (Lipinski definition) is 0. The molecule has 172 valence electrons. The van der Waals surface area contributed by atoms with Crippen LogP contribution < -0.4 is 4.74 Å². The minimum absolute atomic E-state index is 0.0848. The van der Waals surface area contributed by atoms with Crippen molar-refractivity contribution in [1.82, 2.24) is 9.21 Å². The number of hydrogen-bond acceptors (Lipinski definition) is 5. The smallest absolute Gasteiger partial charge is 0.245 e. The number of carbonyl (C=O) groups is 1. The molecule has 4 rings (SSSR count). The molecule has 2 aliphatic heterocycles. The van der Waals surface area contributed by atoms with Crippen molar-refractivity contribution >= 4 is 15.9 Å². The van der Waals surface area contributed by atoms with Crippen LogP contribution in [0.2, 0.25) is 0 Å². The fourth-order valence-corrected chi connectivity index (χ4v) is 6.19. The fraction of sp³-hybridized carbons (Fsp3) is 0.458. The maximum Gasteiger partial charge on any atom is 0.245 e. The van der Waals surface area contributed by atoms with Gasteiger partial charge in [-0.25, -0.2) is 8.42 Å². The van der Waals surface area contributed by atoms with E-state index in [-0.39, 0.29) is 10.8 Å². The van der Waals surface area contributed by atoms with Gasteiger partial charge in [0.1, 0.15) is 11.5 Å². The number of aryl methyl sites for hydroxylation is 2. The fourth-order valence-electron chi connectivity index (χ4n) is 4.47. The van der Waals surface area contributed by atoms with E-state index in [9.17, 15) is 13.2 Å². The predicted molar refractivity (Wildman–Crippen MR) is 121 cm³/mol. The Labute approximate surface area is 190 Å². The van der Waals surface area contributed by atoms with E-state index in [4.69, 9.17) is 9.47 Å². The van der Waals surface area contributed by atoms with Crippen LogP contribution in [-0.2, 0) is 26.0 Å². The van der Waals surface area contributed by atoms with Gasteiger partial charge in [-0.2, -0.15) is 4.31 Å². The van der Waals surface area contributed by atoms with E-state index in [2.05, 4.69) is 0 Å². The highest BCUT2D eigenvalue weighted by molar-refractivity contribution is 7.89. The number of carbonyl (C=O) groups excluding carboxylic acids is 1. The van der Waals surface area contributed by atoms with E-state index in [0.717, 1.165) is 16.9 Å². The minimum atomic E-state index is -3.66. The monoisotopic (exact) mass is 458 g/mol. The van der Waals surface area contributed by atoms with Crippen LogP contribution in [0.4, 0.5) is 0 Å². The Balaban J connectivity index is 1.38. The summed E-state index contributed by atoms with van der Waals surface area (Å²) in [6.07, 6.45) is 2.04. The van der Waals surface area contributed by atoms with Crippen LogP contribution in [0.1, 0.15) is 30.4 Å². The second-order valence-corrected chi connectivity index (χ2v) is 10.3. The van der Waals surface area contributed by atoms with Gasteiger partial charge < -0.3 is 14.4 Å². The number of ether oxygens (including phenoxy) is 2. The van der Waals surface area contributed by atoms with Gasteiger partial charge >= 0.3 is 0 Å². The first kappa shape index (κ1) is 22.8. The van der Waals surface area contributed by atoms with Crippen molar-refractivity contribution in [3.63, 3.8) is 0 Å². The number of likely N-dealkylation sites (tertiary alicyclic amines) is 1. The summed E-state index contributed by atoms with van der Waals surface area (Å²) in [7, 11) is -2.03. The Kier molecular flexibility index (Phi) is 6.55. The van der Waals surface area contributed by atoms with Gasteiger partial charge in [-0.3, -0.25) is 4.79 Å². The molecule has 0 saturated carbocycles. The molecule has 32 heavy (non-hydrogen) atoms. The summed E-state index contributed by atoms with van der Waals surface area (Å²) in [5.41, 5.74) is 1.23. The van der Waals surface area contributed by atoms with Crippen molar-refractivity contribution < 1.29 is 22.7 Å². The zero-order chi connectivity index (χ0) is 22.8. The standard InChI is InChI=1S/C24H30N2O5S/c1-19-3-10-22(11-4-19)32(28,29)26-17-18-31-24(26)13-15-25(16-14-24)23(27)12-7-20-5-8-21(30-2)9-6-20/h3-6,8-11H,7,12-18H2,1-2H3. The van der Waals surface area contributed by atoms with Crippen molar-refractivity contribution in [2.24, 2.45) is 0 Å². The highest BCUT2D eigenvalue weighted by Gasteiger charge is 2.50. The first-order valence-corrected chi connectivity index (χ1v) is 12.4. The van der Waals surface area contributed by atoms with E-state index in [1.165, 1.54) is 4.31 Å². The Hall–Kier alpha value is -2.42. The Bertz CT molecular complexity index is 1040. The van der Waals surface area contributed by atoms with Crippen LogP contribution >= 0.6 is 0 Å². The van der Waals surface area contributed by atoms with Crippen LogP contribution in [0.15, 0.2) is 53.4 Å². The molecule has 0 unspecified atom stereocenters. The lowest BCUT2D eigenvalue weighted by atomic mass is 10.00. The molecule has 1 spiro atoms. The molecule has 2 fully saturated rings. The normalized spacial score (nSPS) is 18.8. The van der Waals surface area contributed by atoms with Gasteiger partial charge in [-0.1, -0.05) is 29.8 Å². The topological polar surface area (TPSA) is 76.2 Å². The zero-order valence-electron chi connectivity index (χ0n) is 18.6. The third-order valence-corrected chi connectivity index (χ3v) is 8.38. The molecule has 0 aromatic heterocycles. The molecule has 0 atom stereocenters. The van der Waals surface area contributed by atoms with Crippen LogP contribution in [0.25, 0.3) is 0 Å². The van der Waals surface area contributed by atoms with Crippen LogP contribution in [0.3, 0.4) is 0 Å². The SMILES string of the molecule is COc1ccc(CCC(=O)N2CCC3(CC2)OCCN3S(=O)(=O)c2ccc(C)cc2)cc1. The molecule has 0 aliphatic carbocycles. The first-order chi connectivity index (χ1) is 15.3. The Morgan fingerprint density at radius 3 is 2.31 bits per heavy atom. The number of methoxy groups -OCH3 is 1. The van der Waals surface area contributed by atoms with Gasteiger partial charge in [0.05, 0.1) is 18.6 Å². The molecule has 2 aliphatic rings. The van der Waals surface area contributed by atoms with Gasteiger partial charge in [-0.15, -0.1) is 0 Å². The number of sulfonamides is 1. The molecule has 2 heterocycles. The summed E-state index contributed by atoms with van der Waals surface area (Å²) >= 11 is 0. The number of benzene rings is 2. The third-order valence-electron chi connectivity index (χ3n) is 6.41. The molecule has 0 N–H and O–H groups in total. The quantitative estimate of drug-likeness (QED) is 0.665. The number of nitrogens with zero attached hydrogens (tertiary/aromatic N) is 2. The van der Waals surface area contributed by atoms with Gasteiger partial charge in [-0.05, 0) is 43.2 Å². The molecule has 7 nitrogen and oxygen atoms in total. The first-order valence-electron chi connectivity index (χ1n) is 11.0. The molecule has 2 aromatic carbocycles. The van der Waals surface area contributed by atoms with Gasteiger partial charge in [0.15, 0.2) is 0 Å². The van der Waals surface area contributed by atoms with Crippen LogP contribution in [-0.4, -0.2) is 62.6 Å². The van der Waals surface area contributed by atoms with E-state index in [1.54, 1.807) is 31.4 Å². The maximum absolute atomic E-state index is 13.3. The molecular weight excluding hydrogens is 428 g/mol.